The summed E-state index contributed by atoms with van der Waals surface area (Å²) >= 11 is 3.31. The van der Waals surface area contributed by atoms with E-state index >= 15 is 0 Å². The normalized spacial score (nSPS) is 10.2. The monoisotopic (exact) mass is 333 g/mol. The maximum absolute atomic E-state index is 11.3. The van der Waals surface area contributed by atoms with Crippen LogP contribution in [0.15, 0.2) is 53.0 Å². The van der Waals surface area contributed by atoms with E-state index in [4.69, 9.17) is 10.5 Å². The summed E-state index contributed by atoms with van der Waals surface area (Å²) in [5.74, 6) is 0.0538. The summed E-state index contributed by atoms with van der Waals surface area (Å²) in [5.41, 5.74) is 7.02. The van der Waals surface area contributed by atoms with Crippen molar-refractivity contribution in [3.05, 3.63) is 64.1 Å². The molecule has 0 aliphatic rings. The van der Waals surface area contributed by atoms with E-state index in [1.807, 2.05) is 24.3 Å². The molecule has 0 aliphatic heterocycles. The Hall–Kier alpha value is -1.81. The largest absolute Gasteiger partial charge is 0.493 e. The van der Waals surface area contributed by atoms with Crippen LogP contribution in [0.1, 0.15) is 22.3 Å². The number of aryl methyl sites for hydroxylation is 1. The number of rotatable bonds is 6. The summed E-state index contributed by atoms with van der Waals surface area (Å²) in [6, 6.07) is 15.5. The molecule has 0 fully saturated rings. The standard InChI is InChI=1S/C16H16BrNO2/c17-13-8-9-15(14(11-13)16(18)19)20-10-4-7-12-5-2-1-3-6-12/h1-3,5-6,8-9,11H,4,7,10H2,(H2,18,19). The van der Waals surface area contributed by atoms with Crippen molar-refractivity contribution >= 4 is 21.8 Å². The minimum atomic E-state index is -0.482. The summed E-state index contributed by atoms with van der Waals surface area (Å²) < 4.78 is 6.46. The number of hydrogen-bond donors (Lipinski definition) is 1. The lowest BCUT2D eigenvalue weighted by atomic mass is 10.1. The molecular weight excluding hydrogens is 318 g/mol. The van der Waals surface area contributed by atoms with Gasteiger partial charge in [0.15, 0.2) is 0 Å². The quantitative estimate of drug-likeness (QED) is 0.821. The molecule has 2 aromatic carbocycles. The van der Waals surface area contributed by atoms with Crippen molar-refractivity contribution in [3.63, 3.8) is 0 Å². The van der Waals surface area contributed by atoms with Gasteiger partial charge >= 0.3 is 0 Å². The summed E-state index contributed by atoms with van der Waals surface area (Å²) in [4.78, 5) is 11.3. The lowest BCUT2D eigenvalue weighted by Gasteiger charge is -2.10. The SMILES string of the molecule is NC(=O)c1cc(Br)ccc1OCCCc1ccccc1. The van der Waals surface area contributed by atoms with Gasteiger partial charge in [0.2, 0.25) is 0 Å². The van der Waals surface area contributed by atoms with Crippen LogP contribution in [0.5, 0.6) is 5.75 Å². The third-order valence-electron chi connectivity index (χ3n) is 2.92. The Morgan fingerprint density at radius 2 is 1.90 bits per heavy atom. The van der Waals surface area contributed by atoms with Gasteiger partial charge in [0.05, 0.1) is 12.2 Å². The van der Waals surface area contributed by atoms with E-state index in [9.17, 15) is 4.79 Å². The first-order valence-electron chi connectivity index (χ1n) is 6.43. The third-order valence-corrected chi connectivity index (χ3v) is 3.41. The predicted octanol–water partition coefficient (Wildman–Crippen LogP) is 3.56. The highest BCUT2D eigenvalue weighted by Crippen LogP contribution is 2.23. The number of nitrogens with two attached hydrogens (primary N) is 1. The number of primary amides is 1. The summed E-state index contributed by atoms with van der Waals surface area (Å²) in [7, 11) is 0. The minimum Gasteiger partial charge on any atom is -0.493 e. The zero-order valence-electron chi connectivity index (χ0n) is 11.0. The fourth-order valence-electron chi connectivity index (χ4n) is 1.92. The van der Waals surface area contributed by atoms with E-state index in [1.165, 1.54) is 5.56 Å². The average Bonchev–Trinajstić information content (AvgIpc) is 2.45. The molecule has 20 heavy (non-hydrogen) atoms. The van der Waals surface area contributed by atoms with E-state index in [1.54, 1.807) is 12.1 Å². The van der Waals surface area contributed by atoms with Crippen molar-refractivity contribution in [1.82, 2.24) is 0 Å². The summed E-state index contributed by atoms with van der Waals surface area (Å²) in [6.45, 7) is 0.552. The second-order valence-corrected chi connectivity index (χ2v) is 5.36. The van der Waals surface area contributed by atoms with E-state index in [-0.39, 0.29) is 0 Å². The van der Waals surface area contributed by atoms with Crippen LogP contribution in [-0.2, 0) is 6.42 Å². The van der Waals surface area contributed by atoms with Crippen LogP contribution < -0.4 is 10.5 Å². The van der Waals surface area contributed by atoms with Crippen LogP contribution in [0.4, 0.5) is 0 Å². The number of ether oxygens (including phenoxy) is 1. The Morgan fingerprint density at radius 3 is 2.60 bits per heavy atom. The molecule has 104 valence electrons. The van der Waals surface area contributed by atoms with E-state index in [2.05, 4.69) is 28.1 Å². The van der Waals surface area contributed by atoms with E-state index in [0.29, 0.717) is 17.9 Å². The molecule has 2 N–H and O–H groups in total. The third kappa shape index (κ3) is 4.10. The van der Waals surface area contributed by atoms with Crippen molar-refractivity contribution in [2.24, 2.45) is 5.73 Å². The summed E-state index contributed by atoms with van der Waals surface area (Å²) in [5, 5.41) is 0. The topological polar surface area (TPSA) is 52.3 Å². The number of benzene rings is 2. The van der Waals surface area contributed by atoms with Crippen LogP contribution >= 0.6 is 15.9 Å². The smallest absolute Gasteiger partial charge is 0.252 e. The number of carbonyl (C=O) groups excluding carboxylic acids is 1. The van der Waals surface area contributed by atoms with Gasteiger partial charge < -0.3 is 10.5 Å². The zero-order chi connectivity index (χ0) is 14.4. The lowest BCUT2D eigenvalue weighted by molar-refractivity contribution is 0.0996. The average molecular weight is 334 g/mol. The molecule has 0 spiro atoms. The van der Waals surface area contributed by atoms with Gasteiger partial charge in [0.1, 0.15) is 5.75 Å². The lowest BCUT2D eigenvalue weighted by Crippen LogP contribution is -2.13. The highest BCUT2D eigenvalue weighted by atomic mass is 79.9. The molecule has 2 aromatic rings. The number of amides is 1. The van der Waals surface area contributed by atoms with Gasteiger partial charge in [-0.3, -0.25) is 4.79 Å². The fourth-order valence-corrected chi connectivity index (χ4v) is 2.28. The maximum Gasteiger partial charge on any atom is 0.252 e. The predicted molar refractivity (Wildman–Crippen MR) is 82.9 cm³/mol. The van der Waals surface area contributed by atoms with Crippen molar-refractivity contribution in [2.45, 2.75) is 12.8 Å². The van der Waals surface area contributed by atoms with Crippen molar-refractivity contribution < 1.29 is 9.53 Å². The molecule has 0 bridgehead atoms. The van der Waals surface area contributed by atoms with Gasteiger partial charge in [-0.2, -0.15) is 0 Å². The second-order valence-electron chi connectivity index (χ2n) is 4.44. The Morgan fingerprint density at radius 1 is 1.15 bits per heavy atom. The fraction of sp³-hybridized carbons (Fsp3) is 0.188. The molecule has 3 nitrogen and oxygen atoms in total. The van der Waals surface area contributed by atoms with Crippen LogP contribution in [-0.4, -0.2) is 12.5 Å². The van der Waals surface area contributed by atoms with Gasteiger partial charge in [-0.1, -0.05) is 46.3 Å². The number of carbonyl (C=O) groups is 1. The Balaban J connectivity index is 1.90. The first kappa shape index (κ1) is 14.6. The highest BCUT2D eigenvalue weighted by Gasteiger charge is 2.09. The van der Waals surface area contributed by atoms with Gasteiger partial charge in [0.25, 0.3) is 5.91 Å². The van der Waals surface area contributed by atoms with E-state index < -0.39 is 5.91 Å². The van der Waals surface area contributed by atoms with Crippen molar-refractivity contribution in [2.75, 3.05) is 6.61 Å². The second kappa shape index (κ2) is 7.10. The Kier molecular flexibility index (Phi) is 5.18. The van der Waals surface area contributed by atoms with Gasteiger partial charge in [0, 0.05) is 4.47 Å². The van der Waals surface area contributed by atoms with Gasteiger partial charge in [-0.25, -0.2) is 0 Å². The molecule has 0 radical (unpaired) electrons. The zero-order valence-corrected chi connectivity index (χ0v) is 12.6. The van der Waals surface area contributed by atoms with Crippen LogP contribution in [0.2, 0.25) is 0 Å². The number of hydrogen-bond acceptors (Lipinski definition) is 2. The van der Waals surface area contributed by atoms with Crippen molar-refractivity contribution in [1.29, 1.82) is 0 Å². The molecule has 0 saturated carbocycles. The maximum atomic E-state index is 11.3. The van der Waals surface area contributed by atoms with Gasteiger partial charge in [-0.15, -0.1) is 0 Å². The molecule has 4 heteroatoms. The van der Waals surface area contributed by atoms with Crippen LogP contribution in [0.25, 0.3) is 0 Å². The molecule has 0 aliphatic carbocycles. The molecule has 0 aromatic heterocycles. The molecular formula is C16H16BrNO2. The number of halogens is 1. The first-order chi connectivity index (χ1) is 9.66. The molecule has 0 unspecified atom stereocenters. The van der Waals surface area contributed by atoms with E-state index in [0.717, 1.165) is 17.3 Å². The Labute approximate surface area is 126 Å². The minimum absolute atomic E-state index is 0.402. The molecule has 0 saturated heterocycles. The van der Waals surface area contributed by atoms with Crippen LogP contribution in [0.3, 0.4) is 0 Å². The Bertz CT molecular complexity index is 584. The van der Waals surface area contributed by atoms with Crippen LogP contribution in [0, 0.1) is 0 Å². The van der Waals surface area contributed by atoms with Gasteiger partial charge in [-0.05, 0) is 36.6 Å². The molecule has 0 atom stereocenters. The first-order valence-corrected chi connectivity index (χ1v) is 7.22. The highest BCUT2D eigenvalue weighted by molar-refractivity contribution is 9.10. The molecule has 0 heterocycles. The molecule has 2 rings (SSSR count). The summed E-state index contributed by atoms with van der Waals surface area (Å²) in [6.07, 6.45) is 1.83. The molecule has 1 amide bonds. The van der Waals surface area contributed by atoms with Crippen molar-refractivity contribution in [3.8, 4) is 5.75 Å².